The molecule has 0 amide bonds. The second-order valence-electron chi connectivity index (χ2n) is 4.44. The average Bonchev–Trinajstić information content (AvgIpc) is 2.67. The van der Waals surface area contributed by atoms with Crippen LogP contribution in [0.15, 0.2) is 36.4 Å². The molecule has 2 rings (SSSR count). The van der Waals surface area contributed by atoms with Crippen molar-refractivity contribution in [3.05, 3.63) is 42.1 Å². The second-order valence-corrected chi connectivity index (χ2v) is 4.44. The lowest BCUT2D eigenvalue weighted by molar-refractivity contribution is 0.654. The van der Waals surface area contributed by atoms with Crippen molar-refractivity contribution in [2.75, 3.05) is 0 Å². The van der Waals surface area contributed by atoms with Crippen LogP contribution >= 0.6 is 0 Å². The van der Waals surface area contributed by atoms with Gasteiger partial charge in [-0.25, -0.2) is 0 Å². The monoisotopic (exact) mass is 229 g/mol. The summed E-state index contributed by atoms with van der Waals surface area (Å²) < 4.78 is 1.89. The Balaban J connectivity index is 2.38. The van der Waals surface area contributed by atoms with Crippen molar-refractivity contribution in [2.24, 2.45) is 12.8 Å². The third-order valence-corrected chi connectivity index (χ3v) is 3.15. The van der Waals surface area contributed by atoms with E-state index in [0.29, 0.717) is 0 Å². The van der Waals surface area contributed by atoms with Gasteiger partial charge in [0.05, 0.1) is 17.3 Å². The molecule has 2 aromatic rings. The van der Waals surface area contributed by atoms with Crippen molar-refractivity contribution in [1.82, 2.24) is 9.78 Å². The van der Waals surface area contributed by atoms with Crippen molar-refractivity contribution in [3.8, 4) is 0 Å². The minimum atomic E-state index is -0.0615. The average molecular weight is 229 g/mol. The number of benzene rings is 1. The van der Waals surface area contributed by atoms with Crippen LogP contribution in [0.25, 0.3) is 10.9 Å². The number of fused-ring (bicyclic) bond motifs is 1. The molecular formula is C14H19N3. The molecule has 0 fully saturated rings. The quantitative estimate of drug-likeness (QED) is 0.819. The van der Waals surface area contributed by atoms with E-state index in [9.17, 15) is 0 Å². The lowest BCUT2D eigenvalue weighted by Gasteiger charge is -2.10. The van der Waals surface area contributed by atoms with E-state index in [1.54, 1.807) is 0 Å². The molecule has 1 atom stereocenters. The molecule has 1 heterocycles. The molecule has 0 saturated carbocycles. The third kappa shape index (κ3) is 2.24. The molecule has 0 spiro atoms. The predicted molar refractivity (Wildman–Crippen MR) is 71.7 cm³/mol. The first-order valence-electron chi connectivity index (χ1n) is 5.97. The van der Waals surface area contributed by atoms with Crippen LogP contribution in [0.2, 0.25) is 0 Å². The highest BCUT2D eigenvalue weighted by Crippen LogP contribution is 2.25. The lowest BCUT2D eigenvalue weighted by Crippen LogP contribution is -2.12. The van der Waals surface area contributed by atoms with Gasteiger partial charge in [0.1, 0.15) is 0 Å². The van der Waals surface area contributed by atoms with Gasteiger partial charge in [-0.05, 0) is 18.9 Å². The van der Waals surface area contributed by atoms with Crippen molar-refractivity contribution in [3.63, 3.8) is 0 Å². The molecule has 0 bridgehead atoms. The van der Waals surface area contributed by atoms with Gasteiger partial charge < -0.3 is 5.73 Å². The molecule has 1 unspecified atom stereocenters. The van der Waals surface area contributed by atoms with E-state index in [2.05, 4.69) is 30.7 Å². The van der Waals surface area contributed by atoms with E-state index in [1.807, 2.05) is 23.9 Å². The molecule has 90 valence electrons. The number of nitrogens with zero attached hydrogens (tertiary/aromatic N) is 2. The lowest BCUT2D eigenvalue weighted by atomic mass is 10.0. The topological polar surface area (TPSA) is 43.8 Å². The smallest absolute Gasteiger partial charge is 0.0873 e. The summed E-state index contributed by atoms with van der Waals surface area (Å²) in [6.07, 6.45) is 1.77. The molecule has 3 heteroatoms. The summed E-state index contributed by atoms with van der Waals surface area (Å²) in [7, 11) is 1.95. The maximum absolute atomic E-state index is 6.21. The number of rotatable bonds is 4. The second kappa shape index (κ2) is 4.72. The summed E-state index contributed by atoms with van der Waals surface area (Å²) in [4.78, 5) is 0. The molecule has 0 saturated heterocycles. The van der Waals surface area contributed by atoms with Gasteiger partial charge >= 0.3 is 0 Å². The van der Waals surface area contributed by atoms with Crippen molar-refractivity contribution in [1.29, 1.82) is 0 Å². The fraction of sp³-hybridized carbons (Fsp3) is 0.357. The van der Waals surface area contributed by atoms with Gasteiger partial charge in [0.25, 0.3) is 0 Å². The van der Waals surface area contributed by atoms with E-state index in [0.717, 1.165) is 29.4 Å². The Labute approximate surface area is 102 Å². The largest absolute Gasteiger partial charge is 0.322 e. The first-order valence-corrected chi connectivity index (χ1v) is 5.97. The van der Waals surface area contributed by atoms with Gasteiger partial charge in [-0.15, -0.1) is 0 Å². The van der Waals surface area contributed by atoms with E-state index in [1.165, 1.54) is 5.57 Å². The Morgan fingerprint density at radius 1 is 1.47 bits per heavy atom. The summed E-state index contributed by atoms with van der Waals surface area (Å²) in [6.45, 7) is 6.11. The van der Waals surface area contributed by atoms with Crippen LogP contribution in [0.5, 0.6) is 0 Å². The van der Waals surface area contributed by atoms with Gasteiger partial charge in [-0.3, -0.25) is 4.68 Å². The standard InChI is InChI=1S/C14H19N3/c1-4-10(2)9-12(15)14-11-7-5-6-8-13(11)17(3)16-14/h5-8,12H,2,4,9,15H2,1,3H3. The predicted octanol–water partition coefficient (Wildman–Crippen LogP) is 2.93. The summed E-state index contributed by atoms with van der Waals surface area (Å²) in [6, 6.07) is 8.12. The van der Waals surface area contributed by atoms with Gasteiger partial charge in [0.15, 0.2) is 0 Å². The Hall–Kier alpha value is -1.61. The van der Waals surface area contributed by atoms with Crippen molar-refractivity contribution in [2.45, 2.75) is 25.8 Å². The van der Waals surface area contributed by atoms with E-state index in [4.69, 9.17) is 5.73 Å². The molecule has 0 radical (unpaired) electrons. The van der Waals surface area contributed by atoms with Crippen LogP contribution in [0.3, 0.4) is 0 Å². The molecule has 2 N–H and O–H groups in total. The maximum Gasteiger partial charge on any atom is 0.0873 e. The zero-order valence-corrected chi connectivity index (χ0v) is 10.5. The Kier molecular flexibility index (Phi) is 3.29. The van der Waals surface area contributed by atoms with E-state index in [-0.39, 0.29) is 6.04 Å². The Morgan fingerprint density at radius 2 is 2.18 bits per heavy atom. The first-order chi connectivity index (χ1) is 8.13. The van der Waals surface area contributed by atoms with Gasteiger partial charge in [-0.1, -0.05) is 37.3 Å². The summed E-state index contributed by atoms with van der Waals surface area (Å²) >= 11 is 0. The number of hydrogen-bond donors (Lipinski definition) is 1. The number of hydrogen-bond acceptors (Lipinski definition) is 2. The number of para-hydroxylation sites is 1. The zero-order valence-electron chi connectivity index (χ0n) is 10.5. The highest BCUT2D eigenvalue weighted by Gasteiger charge is 2.15. The molecule has 0 aliphatic heterocycles. The van der Waals surface area contributed by atoms with Crippen LogP contribution in [-0.2, 0) is 7.05 Å². The Bertz CT molecular complexity index is 539. The molecule has 1 aromatic heterocycles. The minimum Gasteiger partial charge on any atom is -0.322 e. The van der Waals surface area contributed by atoms with Crippen LogP contribution in [0, 0.1) is 0 Å². The molecule has 3 nitrogen and oxygen atoms in total. The third-order valence-electron chi connectivity index (χ3n) is 3.15. The maximum atomic E-state index is 6.21. The molecule has 1 aromatic carbocycles. The normalized spacial score (nSPS) is 12.9. The number of nitrogens with two attached hydrogens (primary N) is 1. The van der Waals surface area contributed by atoms with Crippen LogP contribution in [-0.4, -0.2) is 9.78 Å². The van der Waals surface area contributed by atoms with Crippen LogP contribution in [0.1, 0.15) is 31.5 Å². The summed E-state index contributed by atoms with van der Waals surface area (Å²) in [5, 5.41) is 5.67. The summed E-state index contributed by atoms with van der Waals surface area (Å²) in [5.41, 5.74) is 9.48. The van der Waals surface area contributed by atoms with Crippen LogP contribution in [0.4, 0.5) is 0 Å². The Morgan fingerprint density at radius 3 is 2.88 bits per heavy atom. The number of aromatic nitrogens is 2. The highest BCUT2D eigenvalue weighted by molar-refractivity contribution is 5.82. The van der Waals surface area contributed by atoms with Crippen LogP contribution < -0.4 is 5.73 Å². The fourth-order valence-corrected chi connectivity index (χ4v) is 2.07. The molecular weight excluding hydrogens is 210 g/mol. The molecule has 17 heavy (non-hydrogen) atoms. The van der Waals surface area contributed by atoms with E-state index >= 15 is 0 Å². The van der Waals surface area contributed by atoms with Gasteiger partial charge in [0, 0.05) is 12.4 Å². The SMILES string of the molecule is C=C(CC)CC(N)c1nn(C)c2ccccc12. The van der Waals surface area contributed by atoms with E-state index < -0.39 is 0 Å². The van der Waals surface area contributed by atoms with Crippen molar-refractivity contribution < 1.29 is 0 Å². The number of aryl methyl sites for hydroxylation is 1. The molecule has 0 aliphatic rings. The minimum absolute atomic E-state index is 0.0615. The molecule has 0 aliphatic carbocycles. The van der Waals surface area contributed by atoms with Crippen molar-refractivity contribution >= 4 is 10.9 Å². The highest BCUT2D eigenvalue weighted by atomic mass is 15.3. The summed E-state index contributed by atoms with van der Waals surface area (Å²) in [5.74, 6) is 0. The zero-order chi connectivity index (χ0) is 12.4. The first kappa shape index (κ1) is 11.9. The fourth-order valence-electron chi connectivity index (χ4n) is 2.07. The van der Waals surface area contributed by atoms with Gasteiger partial charge in [0.2, 0.25) is 0 Å². The van der Waals surface area contributed by atoms with Gasteiger partial charge in [-0.2, -0.15) is 5.10 Å².